The van der Waals surface area contributed by atoms with Crippen molar-refractivity contribution in [2.24, 2.45) is 0 Å². The second kappa shape index (κ2) is 9.40. The van der Waals surface area contributed by atoms with E-state index in [0.29, 0.717) is 36.1 Å². The minimum atomic E-state index is -0.480. The summed E-state index contributed by atoms with van der Waals surface area (Å²) in [5.74, 6) is -0.897. The molecule has 2 amide bonds. The molecule has 31 heavy (non-hydrogen) atoms. The van der Waals surface area contributed by atoms with E-state index in [-0.39, 0.29) is 12.6 Å². The molecule has 2 fully saturated rings. The molecule has 0 spiro atoms. The molecule has 2 saturated heterocycles. The lowest BCUT2D eigenvalue weighted by Gasteiger charge is -2.43. The summed E-state index contributed by atoms with van der Waals surface area (Å²) >= 11 is 0. The van der Waals surface area contributed by atoms with Crippen LogP contribution in [0.1, 0.15) is 16.1 Å². The molecule has 2 aliphatic rings. The first-order chi connectivity index (χ1) is 15.0. The lowest BCUT2D eigenvalue weighted by atomic mass is 10.2. The Kier molecular flexibility index (Phi) is 6.43. The molecular weight excluding hydrogens is 403 g/mol. The number of rotatable bonds is 5. The monoisotopic (exact) mass is 428 g/mol. The van der Waals surface area contributed by atoms with Crippen LogP contribution in [0.15, 0.2) is 42.6 Å². The summed E-state index contributed by atoms with van der Waals surface area (Å²) in [7, 11) is 1.30. The van der Waals surface area contributed by atoms with E-state index in [4.69, 9.17) is 9.47 Å². The Morgan fingerprint density at radius 1 is 1.19 bits per heavy atom. The van der Waals surface area contributed by atoms with Crippen molar-refractivity contribution >= 4 is 17.7 Å². The van der Waals surface area contributed by atoms with E-state index < -0.39 is 11.8 Å². The summed E-state index contributed by atoms with van der Waals surface area (Å²) in [6.45, 7) is 4.39. The number of ether oxygens (including phenoxy) is 2. The second-order valence-corrected chi connectivity index (χ2v) is 7.59. The van der Waals surface area contributed by atoms with Gasteiger partial charge in [0.2, 0.25) is 0 Å². The normalized spacial score (nSPS) is 17.2. The van der Waals surface area contributed by atoms with Gasteiger partial charge in [-0.2, -0.15) is 0 Å². The standard InChI is InChI=1S/C22H25FN4O4/c1-30-21(28)16-5-6-18(24-12-16)13-27(19-4-2-3-17(23)11-19)22(29)26-9-7-25(8-10-26)20-14-31-15-20/h2-6,11-12,20H,7-10,13-15H2,1H3. The van der Waals surface area contributed by atoms with Gasteiger partial charge in [0.05, 0.1) is 44.2 Å². The maximum atomic E-state index is 13.9. The molecule has 0 radical (unpaired) electrons. The summed E-state index contributed by atoms with van der Waals surface area (Å²) < 4.78 is 23.9. The third-order valence-electron chi connectivity index (χ3n) is 5.64. The SMILES string of the molecule is COC(=O)c1ccc(CN(C(=O)N2CCN(C3COC3)CC2)c2cccc(F)c2)nc1. The van der Waals surface area contributed by atoms with Gasteiger partial charge in [0.1, 0.15) is 5.82 Å². The van der Waals surface area contributed by atoms with Gasteiger partial charge < -0.3 is 14.4 Å². The second-order valence-electron chi connectivity index (χ2n) is 7.59. The number of anilines is 1. The molecule has 8 nitrogen and oxygen atoms in total. The molecular formula is C22H25FN4O4. The van der Waals surface area contributed by atoms with Crippen molar-refractivity contribution in [3.8, 4) is 0 Å². The molecule has 9 heteroatoms. The fourth-order valence-corrected chi connectivity index (χ4v) is 3.72. The third kappa shape index (κ3) is 4.83. The smallest absolute Gasteiger partial charge is 0.339 e. The van der Waals surface area contributed by atoms with Crippen LogP contribution in [-0.2, 0) is 16.0 Å². The van der Waals surface area contributed by atoms with Crippen molar-refractivity contribution < 1.29 is 23.5 Å². The zero-order chi connectivity index (χ0) is 21.8. The average Bonchev–Trinajstić information content (AvgIpc) is 2.76. The van der Waals surface area contributed by atoms with Gasteiger partial charge in [-0.3, -0.25) is 14.8 Å². The van der Waals surface area contributed by atoms with E-state index in [1.807, 2.05) is 0 Å². The number of aromatic nitrogens is 1. The van der Waals surface area contributed by atoms with Crippen LogP contribution >= 0.6 is 0 Å². The van der Waals surface area contributed by atoms with Crippen molar-refractivity contribution in [2.75, 3.05) is 51.4 Å². The van der Waals surface area contributed by atoms with Crippen molar-refractivity contribution in [3.63, 3.8) is 0 Å². The van der Waals surface area contributed by atoms with E-state index in [9.17, 15) is 14.0 Å². The number of urea groups is 1. The Hall–Kier alpha value is -3.04. The number of carbonyl (C=O) groups is 2. The molecule has 0 unspecified atom stereocenters. The molecule has 1 aromatic carbocycles. The Balaban J connectivity index is 1.50. The van der Waals surface area contributed by atoms with E-state index in [1.165, 1.54) is 30.3 Å². The molecule has 164 valence electrons. The van der Waals surface area contributed by atoms with Gasteiger partial charge in [0.25, 0.3) is 0 Å². The summed E-state index contributed by atoms with van der Waals surface area (Å²) in [4.78, 5) is 34.9. The van der Waals surface area contributed by atoms with Gasteiger partial charge in [-0.15, -0.1) is 0 Å². The molecule has 1 aromatic heterocycles. The van der Waals surface area contributed by atoms with Gasteiger partial charge in [-0.1, -0.05) is 6.07 Å². The number of pyridine rings is 1. The highest BCUT2D eigenvalue weighted by Crippen LogP contribution is 2.22. The molecule has 4 rings (SSSR count). The molecule has 2 aliphatic heterocycles. The van der Waals surface area contributed by atoms with E-state index in [2.05, 4.69) is 9.88 Å². The molecule has 0 bridgehead atoms. The number of methoxy groups -OCH3 is 1. The van der Waals surface area contributed by atoms with Gasteiger partial charge in [0.15, 0.2) is 0 Å². The van der Waals surface area contributed by atoms with Crippen LogP contribution in [0.5, 0.6) is 0 Å². The van der Waals surface area contributed by atoms with Gasteiger partial charge in [-0.05, 0) is 30.3 Å². The van der Waals surface area contributed by atoms with Crippen LogP contribution in [0.3, 0.4) is 0 Å². The highest BCUT2D eigenvalue weighted by atomic mass is 19.1. The predicted octanol–water partition coefficient (Wildman–Crippen LogP) is 2.15. The summed E-state index contributed by atoms with van der Waals surface area (Å²) in [5.41, 5.74) is 1.36. The number of esters is 1. The molecule has 3 heterocycles. The van der Waals surface area contributed by atoms with E-state index in [1.54, 1.807) is 29.2 Å². The Morgan fingerprint density at radius 3 is 2.55 bits per heavy atom. The highest BCUT2D eigenvalue weighted by Gasteiger charge is 2.32. The Morgan fingerprint density at radius 2 is 1.97 bits per heavy atom. The first-order valence-corrected chi connectivity index (χ1v) is 10.2. The first kappa shape index (κ1) is 21.2. The van der Waals surface area contributed by atoms with Gasteiger partial charge >= 0.3 is 12.0 Å². The zero-order valence-electron chi connectivity index (χ0n) is 17.4. The van der Waals surface area contributed by atoms with Crippen LogP contribution in [0, 0.1) is 5.82 Å². The fourth-order valence-electron chi connectivity index (χ4n) is 3.72. The maximum Gasteiger partial charge on any atom is 0.339 e. The number of halogens is 1. The summed E-state index contributed by atoms with van der Waals surface area (Å²) in [6.07, 6.45) is 1.41. The molecule has 0 saturated carbocycles. The third-order valence-corrected chi connectivity index (χ3v) is 5.64. The number of hydrogen-bond donors (Lipinski definition) is 0. The molecule has 0 atom stereocenters. The van der Waals surface area contributed by atoms with E-state index in [0.717, 1.165) is 26.3 Å². The fraction of sp³-hybridized carbons (Fsp3) is 0.409. The van der Waals surface area contributed by atoms with Crippen molar-refractivity contribution in [3.05, 3.63) is 59.7 Å². The van der Waals surface area contributed by atoms with Crippen LogP contribution < -0.4 is 4.90 Å². The minimum absolute atomic E-state index is 0.153. The molecule has 2 aromatic rings. The zero-order valence-corrected chi connectivity index (χ0v) is 17.4. The lowest BCUT2D eigenvalue weighted by Crippen LogP contribution is -2.59. The quantitative estimate of drug-likeness (QED) is 0.680. The Bertz CT molecular complexity index is 927. The van der Waals surface area contributed by atoms with E-state index >= 15 is 0 Å². The van der Waals surface area contributed by atoms with Crippen molar-refractivity contribution in [2.45, 2.75) is 12.6 Å². The molecule has 0 aliphatic carbocycles. The van der Waals surface area contributed by atoms with Crippen LogP contribution in [0.4, 0.5) is 14.9 Å². The minimum Gasteiger partial charge on any atom is -0.465 e. The summed E-state index contributed by atoms with van der Waals surface area (Å²) in [5, 5.41) is 0. The maximum absolute atomic E-state index is 13.9. The number of benzene rings is 1. The average molecular weight is 428 g/mol. The van der Waals surface area contributed by atoms with Crippen molar-refractivity contribution in [1.29, 1.82) is 0 Å². The van der Waals surface area contributed by atoms with Crippen molar-refractivity contribution in [1.82, 2.24) is 14.8 Å². The van der Waals surface area contributed by atoms with Crippen LogP contribution in [-0.4, -0.2) is 79.3 Å². The lowest BCUT2D eigenvalue weighted by molar-refractivity contribution is -0.0738. The summed E-state index contributed by atoms with van der Waals surface area (Å²) in [6, 6.07) is 9.46. The van der Waals surface area contributed by atoms with Crippen LogP contribution in [0.25, 0.3) is 0 Å². The highest BCUT2D eigenvalue weighted by molar-refractivity contribution is 5.92. The van der Waals surface area contributed by atoms with Gasteiger partial charge in [0, 0.05) is 38.1 Å². The number of nitrogens with zero attached hydrogens (tertiary/aromatic N) is 4. The Labute approximate surface area is 180 Å². The van der Waals surface area contributed by atoms with Crippen LogP contribution in [0.2, 0.25) is 0 Å². The number of hydrogen-bond acceptors (Lipinski definition) is 6. The van der Waals surface area contributed by atoms with Gasteiger partial charge in [-0.25, -0.2) is 14.0 Å². The number of amides is 2. The predicted molar refractivity (Wildman–Crippen MR) is 111 cm³/mol. The largest absolute Gasteiger partial charge is 0.465 e. The molecule has 0 N–H and O–H groups in total. The topological polar surface area (TPSA) is 75.2 Å². The first-order valence-electron chi connectivity index (χ1n) is 10.2. The number of piperazine rings is 1. The number of carbonyl (C=O) groups excluding carboxylic acids is 2.